The molecule has 1 aliphatic heterocycles. The van der Waals surface area contributed by atoms with Gasteiger partial charge >= 0.3 is 0 Å². The van der Waals surface area contributed by atoms with Crippen molar-refractivity contribution in [3.05, 3.63) is 36.0 Å². The van der Waals surface area contributed by atoms with Gasteiger partial charge in [-0.3, -0.25) is 0 Å². The maximum absolute atomic E-state index is 9.91. The van der Waals surface area contributed by atoms with Crippen molar-refractivity contribution in [2.24, 2.45) is 0 Å². The van der Waals surface area contributed by atoms with Gasteiger partial charge in [-0.1, -0.05) is 12.1 Å². The lowest BCUT2D eigenvalue weighted by molar-refractivity contribution is 0.195. The second-order valence-corrected chi connectivity index (χ2v) is 4.94. The fraction of sp³-hybridized carbons (Fsp3) is 0.333. The molecule has 1 aromatic heterocycles. The molecular formula is C15H17N3O2. The van der Waals surface area contributed by atoms with Crippen LogP contribution in [0.2, 0.25) is 0 Å². The first-order valence-electron chi connectivity index (χ1n) is 6.71. The van der Waals surface area contributed by atoms with Crippen molar-refractivity contribution < 1.29 is 9.84 Å². The molecule has 2 N–H and O–H groups in total. The number of anilines is 1. The summed E-state index contributed by atoms with van der Waals surface area (Å²) in [6.45, 7) is 3.41. The van der Waals surface area contributed by atoms with Crippen LogP contribution in [0.4, 0.5) is 5.82 Å². The average molecular weight is 271 g/mol. The second kappa shape index (κ2) is 5.46. The lowest BCUT2D eigenvalue weighted by Gasteiger charge is -2.13. The van der Waals surface area contributed by atoms with E-state index in [4.69, 9.17) is 4.74 Å². The molecule has 104 valence electrons. The number of benzene rings is 1. The van der Waals surface area contributed by atoms with Gasteiger partial charge in [0, 0.05) is 18.4 Å². The summed E-state index contributed by atoms with van der Waals surface area (Å²) in [4.78, 5) is 8.89. The lowest BCUT2D eigenvalue weighted by Crippen LogP contribution is -2.20. The molecule has 0 aliphatic carbocycles. The molecule has 2 aromatic rings. The zero-order valence-corrected chi connectivity index (χ0v) is 11.3. The van der Waals surface area contributed by atoms with Crippen LogP contribution in [0.1, 0.15) is 12.1 Å². The number of aromatic hydroxyl groups is 1. The van der Waals surface area contributed by atoms with Gasteiger partial charge in [0.15, 0.2) is 5.82 Å². The molecule has 0 saturated carbocycles. The van der Waals surface area contributed by atoms with Gasteiger partial charge in [0.25, 0.3) is 0 Å². The van der Waals surface area contributed by atoms with Crippen LogP contribution >= 0.6 is 0 Å². The van der Waals surface area contributed by atoms with Gasteiger partial charge in [0.2, 0.25) is 0 Å². The molecule has 1 fully saturated rings. The highest BCUT2D eigenvalue weighted by molar-refractivity contribution is 5.64. The molecule has 2 heterocycles. The van der Waals surface area contributed by atoms with Crippen molar-refractivity contribution in [2.75, 3.05) is 18.5 Å². The van der Waals surface area contributed by atoms with E-state index in [2.05, 4.69) is 15.3 Å². The van der Waals surface area contributed by atoms with Crippen LogP contribution < -0.4 is 5.32 Å². The van der Waals surface area contributed by atoms with Crippen molar-refractivity contribution in [1.29, 1.82) is 0 Å². The number of nitrogens with one attached hydrogen (secondary N) is 1. The molecule has 0 bridgehead atoms. The maximum Gasteiger partial charge on any atom is 0.165 e. The number of para-hydroxylation sites is 1. The molecule has 5 nitrogen and oxygen atoms in total. The third-order valence-electron chi connectivity index (χ3n) is 3.28. The molecule has 1 saturated heterocycles. The number of nitrogens with zero attached hydrogens (tertiary/aromatic N) is 2. The highest BCUT2D eigenvalue weighted by atomic mass is 16.5. The molecule has 0 spiro atoms. The number of aryl methyl sites for hydroxylation is 1. The van der Waals surface area contributed by atoms with E-state index in [1.807, 2.05) is 25.1 Å². The minimum Gasteiger partial charge on any atom is -0.507 e. The van der Waals surface area contributed by atoms with E-state index in [0.717, 1.165) is 24.5 Å². The van der Waals surface area contributed by atoms with Gasteiger partial charge in [-0.25, -0.2) is 9.97 Å². The molecule has 0 amide bonds. The van der Waals surface area contributed by atoms with E-state index in [1.165, 1.54) is 0 Å². The SMILES string of the molecule is Cc1cc(N[C@@H]2CCOC2)nc(-c2ccccc2O)n1. The van der Waals surface area contributed by atoms with E-state index < -0.39 is 0 Å². The summed E-state index contributed by atoms with van der Waals surface area (Å²) in [6, 6.07) is 9.29. The summed E-state index contributed by atoms with van der Waals surface area (Å²) in [5.41, 5.74) is 1.50. The maximum atomic E-state index is 9.91. The summed E-state index contributed by atoms with van der Waals surface area (Å²) in [6.07, 6.45) is 0.981. The second-order valence-electron chi connectivity index (χ2n) is 4.94. The first-order valence-corrected chi connectivity index (χ1v) is 6.71. The largest absolute Gasteiger partial charge is 0.507 e. The van der Waals surface area contributed by atoms with Crippen LogP contribution in [0.25, 0.3) is 11.4 Å². The molecule has 1 aromatic carbocycles. The number of rotatable bonds is 3. The number of phenolic OH excluding ortho intramolecular Hbond substituents is 1. The van der Waals surface area contributed by atoms with Crippen LogP contribution in [0, 0.1) is 6.92 Å². The Labute approximate surface area is 117 Å². The first kappa shape index (κ1) is 12.9. The summed E-state index contributed by atoms with van der Waals surface area (Å²) in [7, 11) is 0. The van der Waals surface area contributed by atoms with Crippen LogP contribution in [-0.2, 0) is 4.74 Å². The smallest absolute Gasteiger partial charge is 0.165 e. The summed E-state index contributed by atoms with van der Waals surface area (Å²) in [5, 5.41) is 13.3. The fourth-order valence-electron chi connectivity index (χ4n) is 2.28. The van der Waals surface area contributed by atoms with Crippen molar-refractivity contribution in [3.63, 3.8) is 0 Å². The highest BCUT2D eigenvalue weighted by Crippen LogP contribution is 2.27. The Kier molecular flexibility index (Phi) is 3.52. The first-order chi connectivity index (χ1) is 9.72. The van der Waals surface area contributed by atoms with Crippen LogP contribution in [0.15, 0.2) is 30.3 Å². The summed E-state index contributed by atoms with van der Waals surface area (Å²) in [5.74, 6) is 1.49. The van der Waals surface area contributed by atoms with E-state index in [1.54, 1.807) is 12.1 Å². The van der Waals surface area contributed by atoms with Crippen molar-refractivity contribution in [2.45, 2.75) is 19.4 Å². The fourth-order valence-corrected chi connectivity index (χ4v) is 2.28. The summed E-state index contributed by atoms with van der Waals surface area (Å²) >= 11 is 0. The Balaban J connectivity index is 1.92. The molecular weight excluding hydrogens is 254 g/mol. The normalized spacial score (nSPS) is 18.1. The van der Waals surface area contributed by atoms with E-state index >= 15 is 0 Å². The average Bonchev–Trinajstić information content (AvgIpc) is 2.91. The predicted molar refractivity (Wildman–Crippen MR) is 76.7 cm³/mol. The van der Waals surface area contributed by atoms with Crippen LogP contribution in [0.5, 0.6) is 5.75 Å². The number of hydrogen-bond donors (Lipinski definition) is 2. The third-order valence-corrected chi connectivity index (χ3v) is 3.28. The third kappa shape index (κ3) is 2.72. The van der Waals surface area contributed by atoms with Gasteiger partial charge in [-0.2, -0.15) is 0 Å². The Hall–Kier alpha value is -2.14. The van der Waals surface area contributed by atoms with Crippen molar-refractivity contribution in [1.82, 2.24) is 9.97 Å². The number of phenols is 1. The van der Waals surface area contributed by atoms with Crippen molar-refractivity contribution in [3.8, 4) is 17.1 Å². The molecule has 0 radical (unpaired) electrons. The zero-order valence-electron chi connectivity index (χ0n) is 11.3. The Bertz CT molecular complexity index is 610. The van der Waals surface area contributed by atoms with E-state index in [-0.39, 0.29) is 5.75 Å². The van der Waals surface area contributed by atoms with Crippen molar-refractivity contribution >= 4 is 5.82 Å². The molecule has 1 aliphatic rings. The lowest BCUT2D eigenvalue weighted by atomic mass is 10.2. The van der Waals surface area contributed by atoms with Gasteiger partial charge in [0.1, 0.15) is 11.6 Å². The zero-order chi connectivity index (χ0) is 13.9. The van der Waals surface area contributed by atoms with Gasteiger partial charge in [-0.15, -0.1) is 0 Å². The Morgan fingerprint density at radius 3 is 2.90 bits per heavy atom. The topological polar surface area (TPSA) is 67.3 Å². The van der Waals surface area contributed by atoms with Gasteiger partial charge < -0.3 is 15.2 Å². The standard InChI is InChI=1S/C15H17N3O2/c1-10-8-14(17-11-6-7-20-9-11)18-15(16-10)12-4-2-3-5-13(12)19/h2-5,8,11,19H,6-7,9H2,1H3,(H,16,17,18)/t11-/m1/s1. The van der Waals surface area contributed by atoms with Crippen LogP contribution in [0.3, 0.4) is 0 Å². The summed E-state index contributed by atoms with van der Waals surface area (Å²) < 4.78 is 5.35. The number of hydrogen-bond acceptors (Lipinski definition) is 5. The molecule has 3 rings (SSSR count). The molecule has 5 heteroatoms. The minimum absolute atomic E-state index is 0.188. The molecule has 0 unspecified atom stereocenters. The Morgan fingerprint density at radius 1 is 1.30 bits per heavy atom. The monoisotopic (exact) mass is 271 g/mol. The van der Waals surface area contributed by atoms with E-state index in [0.29, 0.717) is 24.0 Å². The van der Waals surface area contributed by atoms with Gasteiger partial charge in [0.05, 0.1) is 18.2 Å². The molecule has 20 heavy (non-hydrogen) atoms. The van der Waals surface area contributed by atoms with E-state index in [9.17, 15) is 5.11 Å². The highest BCUT2D eigenvalue weighted by Gasteiger charge is 2.16. The minimum atomic E-state index is 0.188. The number of aromatic nitrogens is 2. The quantitative estimate of drug-likeness (QED) is 0.897. The Morgan fingerprint density at radius 2 is 2.15 bits per heavy atom. The van der Waals surface area contributed by atoms with Crippen LogP contribution in [-0.4, -0.2) is 34.3 Å². The predicted octanol–water partition coefficient (Wildman–Crippen LogP) is 2.36. The number of ether oxygens (including phenoxy) is 1. The molecule has 1 atom stereocenters. The van der Waals surface area contributed by atoms with Gasteiger partial charge in [-0.05, 0) is 25.5 Å².